The molecule has 1 unspecified atom stereocenters. The summed E-state index contributed by atoms with van der Waals surface area (Å²) in [7, 11) is 0. The van der Waals surface area contributed by atoms with Crippen LogP contribution in [0.25, 0.3) is 0 Å². The van der Waals surface area contributed by atoms with E-state index in [-0.39, 0.29) is 24.1 Å². The van der Waals surface area contributed by atoms with E-state index in [1.54, 1.807) is 0 Å². The van der Waals surface area contributed by atoms with Crippen LogP contribution in [0, 0.1) is 5.41 Å². The van der Waals surface area contributed by atoms with Gasteiger partial charge in [-0.15, -0.1) is 0 Å². The number of aliphatic hydroxyl groups is 1. The molecule has 2 heterocycles. The van der Waals surface area contributed by atoms with Crippen molar-refractivity contribution in [3.05, 3.63) is 29.8 Å². The Morgan fingerprint density at radius 1 is 1.41 bits per heavy atom. The Labute approximate surface area is 131 Å². The monoisotopic (exact) mass is 304 g/mol. The van der Waals surface area contributed by atoms with E-state index >= 15 is 0 Å². The van der Waals surface area contributed by atoms with Gasteiger partial charge in [-0.3, -0.25) is 0 Å². The van der Waals surface area contributed by atoms with E-state index in [9.17, 15) is 9.90 Å². The number of ether oxygens (including phenoxy) is 1. The summed E-state index contributed by atoms with van der Waals surface area (Å²) in [5.41, 5.74) is 1.05. The maximum Gasteiger partial charge on any atom is 0.318 e. The van der Waals surface area contributed by atoms with E-state index < -0.39 is 0 Å². The van der Waals surface area contributed by atoms with Gasteiger partial charge in [-0.1, -0.05) is 25.1 Å². The van der Waals surface area contributed by atoms with Crippen molar-refractivity contribution in [1.82, 2.24) is 10.2 Å². The lowest BCUT2D eigenvalue weighted by Crippen LogP contribution is -2.49. The van der Waals surface area contributed by atoms with Crippen LogP contribution in [0.5, 0.6) is 5.75 Å². The summed E-state index contributed by atoms with van der Waals surface area (Å²) in [6, 6.07) is 7.72. The second-order valence-electron chi connectivity index (χ2n) is 6.35. The summed E-state index contributed by atoms with van der Waals surface area (Å²) in [6.07, 6.45) is 2.69. The number of fused-ring (bicyclic) bond motifs is 1. The number of likely N-dealkylation sites (tertiary alicyclic amines) is 1. The van der Waals surface area contributed by atoms with Crippen molar-refractivity contribution in [3.8, 4) is 5.75 Å². The number of hydrogen-bond acceptors (Lipinski definition) is 3. The van der Waals surface area contributed by atoms with Crippen LogP contribution in [0.15, 0.2) is 24.3 Å². The minimum atomic E-state index is -0.0700. The van der Waals surface area contributed by atoms with Crippen LogP contribution in [0.4, 0.5) is 4.79 Å². The maximum atomic E-state index is 12.4. The molecule has 0 saturated carbocycles. The highest BCUT2D eigenvalue weighted by molar-refractivity contribution is 5.75. The molecule has 2 aliphatic heterocycles. The van der Waals surface area contributed by atoms with Gasteiger partial charge in [0.25, 0.3) is 0 Å². The molecule has 2 amide bonds. The first-order valence-electron chi connectivity index (χ1n) is 8.05. The van der Waals surface area contributed by atoms with Gasteiger partial charge in [0.15, 0.2) is 0 Å². The molecule has 0 radical (unpaired) electrons. The number of nitrogens with one attached hydrogen (secondary N) is 1. The second-order valence-corrected chi connectivity index (χ2v) is 6.35. The average molecular weight is 304 g/mol. The standard InChI is InChI=1S/C17H24N2O3/c1-2-17(12-20)7-9-19(10-8-17)16(21)18-14-11-22-15-6-4-3-5-13(14)15/h3-6,14,20H,2,7-12H2,1H3,(H,18,21). The number of urea groups is 1. The molecule has 2 aliphatic rings. The minimum Gasteiger partial charge on any atom is -0.491 e. The third-order valence-electron chi connectivity index (χ3n) is 5.19. The van der Waals surface area contributed by atoms with Crippen LogP contribution < -0.4 is 10.1 Å². The lowest BCUT2D eigenvalue weighted by molar-refractivity contribution is 0.0513. The Balaban J connectivity index is 1.58. The topological polar surface area (TPSA) is 61.8 Å². The zero-order valence-corrected chi connectivity index (χ0v) is 13.0. The molecule has 1 saturated heterocycles. The number of piperidine rings is 1. The number of nitrogens with zero attached hydrogens (tertiary/aromatic N) is 1. The van der Waals surface area contributed by atoms with E-state index in [2.05, 4.69) is 12.2 Å². The Morgan fingerprint density at radius 2 is 2.14 bits per heavy atom. The van der Waals surface area contributed by atoms with E-state index in [4.69, 9.17) is 4.74 Å². The summed E-state index contributed by atoms with van der Waals surface area (Å²) in [5, 5.41) is 12.6. The highest BCUT2D eigenvalue weighted by Gasteiger charge is 2.35. The van der Waals surface area contributed by atoms with Crippen LogP contribution >= 0.6 is 0 Å². The molecule has 22 heavy (non-hydrogen) atoms. The highest BCUT2D eigenvalue weighted by Crippen LogP contribution is 2.35. The molecule has 0 aromatic heterocycles. The van der Waals surface area contributed by atoms with Gasteiger partial charge in [-0.25, -0.2) is 4.79 Å². The zero-order valence-electron chi connectivity index (χ0n) is 13.0. The lowest BCUT2D eigenvalue weighted by Gasteiger charge is -2.40. The summed E-state index contributed by atoms with van der Waals surface area (Å²) in [4.78, 5) is 14.3. The smallest absolute Gasteiger partial charge is 0.318 e. The number of aliphatic hydroxyl groups excluding tert-OH is 1. The molecule has 2 N–H and O–H groups in total. The van der Waals surface area contributed by atoms with Gasteiger partial charge in [-0.2, -0.15) is 0 Å². The minimum absolute atomic E-state index is 0.000150. The molecule has 0 spiro atoms. The van der Waals surface area contributed by atoms with E-state index in [1.165, 1.54) is 0 Å². The number of hydrogen-bond donors (Lipinski definition) is 2. The van der Waals surface area contributed by atoms with Crippen LogP contribution in [0.2, 0.25) is 0 Å². The van der Waals surface area contributed by atoms with Gasteiger partial charge >= 0.3 is 6.03 Å². The maximum absolute atomic E-state index is 12.4. The fraction of sp³-hybridized carbons (Fsp3) is 0.588. The zero-order chi connectivity index (χ0) is 15.6. The summed E-state index contributed by atoms with van der Waals surface area (Å²) < 4.78 is 5.60. The molecule has 5 nitrogen and oxygen atoms in total. The predicted molar refractivity (Wildman–Crippen MR) is 83.8 cm³/mol. The van der Waals surface area contributed by atoms with E-state index in [0.717, 1.165) is 30.6 Å². The van der Waals surface area contributed by atoms with Crippen molar-refractivity contribution in [3.63, 3.8) is 0 Å². The Bertz CT molecular complexity index is 532. The molecule has 1 aromatic carbocycles. The summed E-state index contributed by atoms with van der Waals surface area (Å²) >= 11 is 0. The van der Waals surface area contributed by atoms with Crippen LogP contribution in [-0.4, -0.2) is 42.3 Å². The molecule has 120 valence electrons. The van der Waals surface area contributed by atoms with E-state index in [1.807, 2.05) is 29.2 Å². The van der Waals surface area contributed by atoms with Gasteiger partial charge in [-0.05, 0) is 30.7 Å². The van der Waals surface area contributed by atoms with Gasteiger partial charge in [0.1, 0.15) is 12.4 Å². The van der Waals surface area contributed by atoms with Crippen LogP contribution in [0.3, 0.4) is 0 Å². The number of carbonyl (C=O) groups excluding carboxylic acids is 1. The van der Waals surface area contributed by atoms with Crippen molar-refractivity contribution in [1.29, 1.82) is 0 Å². The molecule has 0 bridgehead atoms. The summed E-state index contributed by atoms with van der Waals surface area (Å²) in [5.74, 6) is 0.858. The molecule has 0 aliphatic carbocycles. The molecular weight excluding hydrogens is 280 g/mol. The van der Waals surface area contributed by atoms with Crippen molar-refractivity contribution in [2.75, 3.05) is 26.3 Å². The van der Waals surface area contributed by atoms with Crippen molar-refractivity contribution >= 4 is 6.03 Å². The Kier molecular flexibility index (Phi) is 4.25. The van der Waals surface area contributed by atoms with Gasteiger partial charge in [0, 0.05) is 25.3 Å². The molecule has 1 atom stereocenters. The molecular formula is C17H24N2O3. The normalized spacial score (nSPS) is 22.8. The third kappa shape index (κ3) is 2.77. The quantitative estimate of drug-likeness (QED) is 0.901. The largest absolute Gasteiger partial charge is 0.491 e. The highest BCUT2D eigenvalue weighted by atomic mass is 16.5. The van der Waals surface area contributed by atoms with Gasteiger partial charge in [0.05, 0.1) is 6.04 Å². The van der Waals surface area contributed by atoms with Crippen molar-refractivity contribution in [2.24, 2.45) is 5.41 Å². The second kappa shape index (κ2) is 6.16. The number of para-hydroxylation sites is 1. The molecule has 5 heteroatoms. The molecule has 3 rings (SSSR count). The summed E-state index contributed by atoms with van der Waals surface area (Å²) in [6.45, 7) is 4.22. The fourth-order valence-corrected chi connectivity index (χ4v) is 3.33. The number of carbonyl (C=O) groups is 1. The lowest BCUT2D eigenvalue weighted by atomic mass is 9.77. The first-order chi connectivity index (χ1) is 10.7. The molecule has 1 fully saturated rings. The van der Waals surface area contributed by atoms with E-state index in [0.29, 0.717) is 19.7 Å². The SMILES string of the molecule is CCC1(CO)CCN(C(=O)NC2COc3ccccc32)CC1. The van der Waals surface area contributed by atoms with Crippen LogP contribution in [-0.2, 0) is 0 Å². The number of benzene rings is 1. The fourth-order valence-electron chi connectivity index (χ4n) is 3.33. The first kappa shape index (κ1) is 15.2. The number of amides is 2. The average Bonchev–Trinajstić information content (AvgIpc) is 2.98. The van der Waals surface area contributed by atoms with Crippen LogP contribution in [0.1, 0.15) is 37.8 Å². The predicted octanol–water partition coefficient (Wildman–Crippen LogP) is 2.31. The number of rotatable bonds is 3. The third-order valence-corrected chi connectivity index (χ3v) is 5.19. The Hall–Kier alpha value is -1.75. The molecule has 1 aromatic rings. The van der Waals surface area contributed by atoms with Gasteiger partial charge in [0.2, 0.25) is 0 Å². The Morgan fingerprint density at radius 3 is 2.82 bits per heavy atom. The van der Waals surface area contributed by atoms with Crippen molar-refractivity contribution in [2.45, 2.75) is 32.2 Å². The first-order valence-corrected chi connectivity index (χ1v) is 8.05. The van der Waals surface area contributed by atoms with Crippen molar-refractivity contribution < 1.29 is 14.6 Å². The van der Waals surface area contributed by atoms with Gasteiger partial charge < -0.3 is 20.1 Å².